The average molecular weight is 280 g/mol. The summed E-state index contributed by atoms with van der Waals surface area (Å²) in [5.41, 5.74) is 7.08. The molecule has 20 heavy (non-hydrogen) atoms. The summed E-state index contributed by atoms with van der Waals surface area (Å²) in [4.78, 5) is 18.1. The third-order valence-corrected chi connectivity index (χ3v) is 3.22. The summed E-state index contributed by atoms with van der Waals surface area (Å²) < 4.78 is 5.22. The van der Waals surface area contributed by atoms with Crippen molar-refractivity contribution in [2.75, 3.05) is 38.0 Å². The molecule has 0 spiro atoms. The van der Waals surface area contributed by atoms with Crippen molar-refractivity contribution < 1.29 is 9.53 Å². The number of nitrogens with zero attached hydrogens (tertiary/aromatic N) is 2. The molecular formula is C14H24N4O2. The molecule has 1 amide bonds. The standard InChI is InChI=1S/C14H24N4O2/c1-5-10(9-15)8-12(19)17-13-11(18(2)3)6-7-16-14(13)20-4/h6-7,10H,5,8-9,15H2,1-4H3,(H,17,19). The van der Waals surface area contributed by atoms with Crippen molar-refractivity contribution in [3.8, 4) is 5.88 Å². The normalized spacial score (nSPS) is 11.8. The van der Waals surface area contributed by atoms with Crippen LogP contribution in [0, 0.1) is 5.92 Å². The first kappa shape index (κ1) is 16.2. The second-order valence-corrected chi connectivity index (χ2v) is 4.87. The molecule has 0 aromatic carbocycles. The van der Waals surface area contributed by atoms with E-state index in [4.69, 9.17) is 10.5 Å². The Bertz CT molecular complexity index is 445. The van der Waals surface area contributed by atoms with Gasteiger partial charge >= 0.3 is 0 Å². The Morgan fingerprint density at radius 2 is 2.25 bits per heavy atom. The second-order valence-electron chi connectivity index (χ2n) is 4.87. The topological polar surface area (TPSA) is 80.5 Å². The van der Waals surface area contributed by atoms with Crippen LogP contribution in [0.1, 0.15) is 19.8 Å². The lowest BCUT2D eigenvalue weighted by molar-refractivity contribution is -0.117. The minimum atomic E-state index is -0.0725. The van der Waals surface area contributed by atoms with Crippen molar-refractivity contribution in [2.45, 2.75) is 19.8 Å². The van der Waals surface area contributed by atoms with Gasteiger partial charge in [0.25, 0.3) is 0 Å². The quantitative estimate of drug-likeness (QED) is 0.790. The van der Waals surface area contributed by atoms with Crippen LogP contribution in [-0.4, -0.2) is 38.6 Å². The summed E-state index contributed by atoms with van der Waals surface area (Å²) in [6, 6.07) is 1.83. The minimum absolute atomic E-state index is 0.0725. The van der Waals surface area contributed by atoms with Gasteiger partial charge in [-0.1, -0.05) is 13.3 Å². The Kier molecular flexibility index (Phi) is 6.24. The van der Waals surface area contributed by atoms with Crippen molar-refractivity contribution in [1.82, 2.24) is 4.98 Å². The third kappa shape index (κ3) is 4.09. The summed E-state index contributed by atoms with van der Waals surface area (Å²) in [5, 5.41) is 2.89. The van der Waals surface area contributed by atoms with Crippen LogP contribution >= 0.6 is 0 Å². The molecule has 1 aromatic heterocycles. The van der Waals surface area contributed by atoms with Gasteiger partial charge in [-0.25, -0.2) is 4.98 Å². The third-order valence-electron chi connectivity index (χ3n) is 3.22. The number of anilines is 2. The summed E-state index contributed by atoms with van der Waals surface area (Å²) in [7, 11) is 5.34. The molecule has 112 valence electrons. The number of methoxy groups -OCH3 is 1. The molecule has 0 aliphatic rings. The van der Waals surface area contributed by atoms with E-state index < -0.39 is 0 Å². The lowest BCUT2D eigenvalue weighted by atomic mass is 10.0. The van der Waals surface area contributed by atoms with Gasteiger partial charge in [-0.15, -0.1) is 0 Å². The predicted octanol–water partition coefficient (Wildman–Crippen LogP) is 1.47. The molecule has 0 fully saturated rings. The largest absolute Gasteiger partial charge is 0.479 e. The zero-order chi connectivity index (χ0) is 15.1. The summed E-state index contributed by atoms with van der Waals surface area (Å²) in [6.07, 6.45) is 2.94. The van der Waals surface area contributed by atoms with Crippen LogP contribution in [0.3, 0.4) is 0 Å². The number of carbonyl (C=O) groups is 1. The molecule has 1 rings (SSSR count). The molecule has 1 atom stereocenters. The number of hydrogen-bond donors (Lipinski definition) is 2. The van der Waals surface area contributed by atoms with Gasteiger partial charge in [-0.05, 0) is 18.5 Å². The molecule has 3 N–H and O–H groups in total. The Morgan fingerprint density at radius 3 is 2.75 bits per heavy atom. The molecule has 1 unspecified atom stereocenters. The molecule has 0 saturated heterocycles. The molecule has 0 bridgehead atoms. The molecule has 0 aliphatic heterocycles. The second kappa shape index (κ2) is 7.69. The van der Waals surface area contributed by atoms with E-state index in [-0.39, 0.29) is 11.8 Å². The van der Waals surface area contributed by atoms with Crippen LogP contribution in [-0.2, 0) is 4.79 Å². The average Bonchev–Trinajstić information content (AvgIpc) is 2.44. The van der Waals surface area contributed by atoms with Crippen molar-refractivity contribution in [1.29, 1.82) is 0 Å². The van der Waals surface area contributed by atoms with Crippen molar-refractivity contribution in [3.05, 3.63) is 12.3 Å². The van der Waals surface area contributed by atoms with Gasteiger partial charge in [0.2, 0.25) is 11.8 Å². The van der Waals surface area contributed by atoms with Crippen molar-refractivity contribution in [2.24, 2.45) is 11.7 Å². The van der Waals surface area contributed by atoms with E-state index in [9.17, 15) is 4.79 Å². The van der Waals surface area contributed by atoms with E-state index >= 15 is 0 Å². The van der Waals surface area contributed by atoms with Gasteiger partial charge in [0.15, 0.2) is 0 Å². The van der Waals surface area contributed by atoms with E-state index in [0.717, 1.165) is 12.1 Å². The Balaban J connectivity index is 2.92. The number of carbonyl (C=O) groups excluding carboxylic acids is 1. The highest BCUT2D eigenvalue weighted by Gasteiger charge is 2.17. The maximum atomic E-state index is 12.1. The maximum absolute atomic E-state index is 12.1. The van der Waals surface area contributed by atoms with Crippen LogP contribution in [0.4, 0.5) is 11.4 Å². The van der Waals surface area contributed by atoms with Gasteiger partial charge < -0.3 is 20.7 Å². The van der Waals surface area contributed by atoms with Crippen LogP contribution in [0.25, 0.3) is 0 Å². The minimum Gasteiger partial charge on any atom is -0.479 e. The monoisotopic (exact) mass is 280 g/mol. The van der Waals surface area contributed by atoms with Crippen LogP contribution in [0.15, 0.2) is 12.3 Å². The first-order valence-corrected chi connectivity index (χ1v) is 6.73. The summed E-state index contributed by atoms with van der Waals surface area (Å²) in [5.74, 6) is 0.530. The Hall–Kier alpha value is -1.82. The molecule has 0 saturated carbocycles. The van der Waals surface area contributed by atoms with E-state index in [1.165, 1.54) is 7.11 Å². The Labute approximate surface area is 120 Å². The van der Waals surface area contributed by atoms with Gasteiger partial charge in [0, 0.05) is 26.7 Å². The fourth-order valence-electron chi connectivity index (χ4n) is 1.92. The molecule has 0 aliphatic carbocycles. The van der Waals surface area contributed by atoms with Gasteiger partial charge in [-0.3, -0.25) is 4.79 Å². The van der Waals surface area contributed by atoms with E-state index in [1.54, 1.807) is 6.20 Å². The van der Waals surface area contributed by atoms with Gasteiger partial charge in [0.1, 0.15) is 5.69 Å². The highest BCUT2D eigenvalue weighted by Crippen LogP contribution is 2.32. The molecular weight excluding hydrogens is 256 g/mol. The van der Waals surface area contributed by atoms with Crippen LogP contribution < -0.4 is 20.7 Å². The first-order valence-electron chi connectivity index (χ1n) is 6.73. The summed E-state index contributed by atoms with van der Waals surface area (Å²) >= 11 is 0. The van der Waals surface area contributed by atoms with Gasteiger partial charge in [0.05, 0.1) is 12.8 Å². The first-order chi connectivity index (χ1) is 9.53. The Morgan fingerprint density at radius 1 is 1.55 bits per heavy atom. The molecule has 1 heterocycles. The van der Waals surface area contributed by atoms with Crippen molar-refractivity contribution in [3.63, 3.8) is 0 Å². The highest BCUT2D eigenvalue weighted by atomic mass is 16.5. The fraction of sp³-hybridized carbons (Fsp3) is 0.571. The number of hydrogen-bond acceptors (Lipinski definition) is 5. The number of pyridine rings is 1. The maximum Gasteiger partial charge on any atom is 0.239 e. The molecule has 6 heteroatoms. The lowest BCUT2D eigenvalue weighted by Gasteiger charge is -2.20. The smallest absolute Gasteiger partial charge is 0.239 e. The zero-order valence-corrected chi connectivity index (χ0v) is 12.6. The van der Waals surface area contributed by atoms with E-state index in [1.807, 2.05) is 32.0 Å². The zero-order valence-electron chi connectivity index (χ0n) is 12.6. The van der Waals surface area contributed by atoms with Crippen LogP contribution in [0.2, 0.25) is 0 Å². The number of rotatable bonds is 7. The van der Waals surface area contributed by atoms with E-state index in [2.05, 4.69) is 10.3 Å². The molecule has 0 radical (unpaired) electrons. The van der Waals surface area contributed by atoms with Crippen molar-refractivity contribution >= 4 is 17.3 Å². The summed E-state index contributed by atoms with van der Waals surface area (Å²) in [6.45, 7) is 2.54. The fourth-order valence-corrected chi connectivity index (χ4v) is 1.92. The van der Waals surface area contributed by atoms with Gasteiger partial charge in [-0.2, -0.15) is 0 Å². The number of aromatic nitrogens is 1. The number of nitrogens with one attached hydrogen (secondary N) is 1. The molecule has 6 nitrogen and oxygen atoms in total. The number of ether oxygens (including phenoxy) is 1. The molecule has 1 aromatic rings. The van der Waals surface area contributed by atoms with Crippen LogP contribution in [0.5, 0.6) is 5.88 Å². The highest BCUT2D eigenvalue weighted by molar-refractivity contribution is 5.96. The van der Waals surface area contributed by atoms with E-state index in [0.29, 0.717) is 24.5 Å². The number of nitrogens with two attached hydrogens (primary N) is 1. The number of amides is 1. The lowest BCUT2D eigenvalue weighted by Crippen LogP contribution is -2.23. The predicted molar refractivity (Wildman–Crippen MR) is 81.2 cm³/mol. The SMILES string of the molecule is CCC(CN)CC(=O)Nc1c(N(C)C)ccnc1OC.